The minimum Gasteiger partial charge on any atom is -0.397 e. The zero-order chi connectivity index (χ0) is 10.8. The van der Waals surface area contributed by atoms with Gasteiger partial charge in [0.15, 0.2) is 0 Å². The molecule has 1 saturated heterocycles. The summed E-state index contributed by atoms with van der Waals surface area (Å²) < 4.78 is 0. The van der Waals surface area contributed by atoms with E-state index in [0.29, 0.717) is 0 Å². The van der Waals surface area contributed by atoms with Gasteiger partial charge < -0.3 is 10.6 Å². The Morgan fingerprint density at radius 2 is 2.20 bits per heavy atom. The largest absolute Gasteiger partial charge is 0.397 e. The van der Waals surface area contributed by atoms with Crippen LogP contribution < -0.4 is 10.6 Å². The Balaban J connectivity index is 2.24. The molecule has 1 fully saturated rings. The number of nitrogens with two attached hydrogens (primary N) is 1. The second-order valence-electron chi connectivity index (χ2n) is 4.76. The van der Waals surface area contributed by atoms with Gasteiger partial charge in [-0.1, -0.05) is 13.0 Å². The summed E-state index contributed by atoms with van der Waals surface area (Å²) in [6.45, 7) is 6.74. The molecule has 0 spiro atoms. The van der Waals surface area contributed by atoms with Gasteiger partial charge in [0.25, 0.3) is 0 Å². The molecule has 1 atom stereocenters. The van der Waals surface area contributed by atoms with Gasteiger partial charge >= 0.3 is 0 Å². The molecule has 1 aliphatic rings. The minimum atomic E-state index is 0.790. The number of hydrogen-bond acceptors (Lipinski definition) is 2. The number of anilines is 2. The molecule has 0 bridgehead atoms. The van der Waals surface area contributed by atoms with Gasteiger partial charge in [-0.05, 0) is 43.4 Å². The van der Waals surface area contributed by atoms with Crippen LogP contribution >= 0.6 is 0 Å². The molecule has 82 valence electrons. The lowest BCUT2D eigenvalue weighted by Crippen LogP contribution is -2.34. The fourth-order valence-electron chi connectivity index (χ4n) is 2.34. The van der Waals surface area contributed by atoms with E-state index in [2.05, 4.69) is 30.9 Å². The molecule has 0 aliphatic carbocycles. The second-order valence-corrected chi connectivity index (χ2v) is 4.76. The molecule has 2 nitrogen and oxygen atoms in total. The Kier molecular flexibility index (Phi) is 2.85. The van der Waals surface area contributed by atoms with E-state index in [4.69, 9.17) is 5.73 Å². The number of nitrogens with zero attached hydrogens (tertiary/aromatic N) is 1. The van der Waals surface area contributed by atoms with E-state index in [1.807, 2.05) is 6.07 Å². The lowest BCUT2D eigenvalue weighted by atomic mass is 9.99. The maximum atomic E-state index is 6.02. The highest BCUT2D eigenvalue weighted by Crippen LogP contribution is 2.28. The third-order valence-corrected chi connectivity index (χ3v) is 3.18. The first-order chi connectivity index (χ1) is 7.16. The lowest BCUT2D eigenvalue weighted by Gasteiger charge is -2.33. The second kappa shape index (κ2) is 4.13. The van der Waals surface area contributed by atoms with Crippen LogP contribution in [0.2, 0.25) is 0 Å². The zero-order valence-electron chi connectivity index (χ0n) is 9.66. The van der Waals surface area contributed by atoms with Crippen molar-refractivity contribution in [3.8, 4) is 0 Å². The fraction of sp³-hybridized carbons (Fsp3) is 0.538. The first-order valence-corrected chi connectivity index (χ1v) is 5.78. The molecule has 0 radical (unpaired) electrons. The topological polar surface area (TPSA) is 29.3 Å². The minimum absolute atomic E-state index is 0.790. The lowest BCUT2D eigenvalue weighted by molar-refractivity contribution is 0.447. The van der Waals surface area contributed by atoms with Crippen LogP contribution in [0.5, 0.6) is 0 Å². The fourth-order valence-corrected chi connectivity index (χ4v) is 2.34. The standard InChI is InChI=1S/C13H20N2/c1-10-5-6-12(14)13(8-10)15-7-3-4-11(2)9-15/h5-6,8,11H,3-4,7,9,14H2,1-2H3/t11-/m1/s1. The van der Waals surface area contributed by atoms with Crippen LogP contribution in [-0.4, -0.2) is 13.1 Å². The Bertz CT molecular complexity index is 346. The molecule has 0 amide bonds. The van der Waals surface area contributed by atoms with E-state index in [-0.39, 0.29) is 0 Å². The van der Waals surface area contributed by atoms with Crippen molar-refractivity contribution < 1.29 is 0 Å². The molecule has 2 rings (SSSR count). The summed E-state index contributed by atoms with van der Waals surface area (Å²) in [5.41, 5.74) is 9.45. The van der Waals surface area contributed by atoms with Crippen LogP contribution in [-0.2, 0) is 0 Å². The summed E-state index contributed by atoms with van der Waals surface area (Å²) in [5, 5.41) is 0. The quantitative estimate of drug-likeness (QED) is 0.713. The molecule has 1 aromatic carbocycles. The van der Waals surface area contributed by atoms with Crippen molar-refractivity contribution in [1.82, 2.24) is 0 Å². The van der Waals surface area contributed by atoms with Gasteiger partial charge in [0.1, 0.15) is 0 Å². The van der Waals surface area contributed by atoms with Crippen molar-refractivity contribution in [2.75, 3.05) is 23.7 Å². The molecule has 0 aromatic heterocycles. The molecular weight excluding hydrogens is 184 g/mol. The molecule has 2 heteroatoms. The maximum absolute atomic E-state index is 6.02. The molecular formula is C13H20N2. The number of rotatable bonds is 1. The smallest absolute Gasteiger partial charge is 0.0602 e. The van der Waals surface area contributed by atoms with Gasteiger partial charge in [0, 0.05) is 13.1 Å². The van der Waals surface area contributed by atoms with Crippen LogP contribution in [0.25, 0.3) is 0 Å². The van der Waals surface area contributed by atoms with Gasteiger partial charge in [0.05, 0.1) is 11.4 Å². The molecule has 15 heavy (non-hydrogen) atoms. The summed E-state index contributed by atoms with van der Waals surface area (Å²) in [5.74, 6) is 0.790. The molecule has 1 aliphatic heterocycles. The van der Waals surface area contributed by atoms with Gasteiger partial charge in [-0.3, -0.25) is 0 Å². The van der Waals surface area contributed by atoms with E-state index in [1.165, 1.54) is 24.1 Å². The number of hydrogen-bond donors (Lipinski definition) is 1. The van der Waals surface area contributed by atoms with E-state index in [0.717, 1.165) is 24.7 Å². The zero-order valence-corrected chi connectivity index (χ0v) is 9.66. The average Bonchev–Trinajstić information content (AvgIpc) is 2.22. The average molecular weight is 204 g/mol. The van der Waals surface area contributed by atoms with Crippen molar-refractivity contribution in [3.63, 3.8) is 0 Å². The van der Waals surface area contributed by atoms with Crippen molar-refractivity contribution in [3.05, 3.63) is 23.8 Å². The van der Waals surface area contributed by atoms with Crippen molar-refractivity contribution >= 4 is 11.4 Å². The van der Waals surface area contributed by atoms with Crippen molar-refractivity contribution in [2.45, 2.75) is 26.7 Å². The first-order valence-electron chi connectivity index (χ1n) is 5.78. The highest BCUT2D eigenvalue weighted by molar-refractivity contribution is 5.68. The van der Waals surface area contributed by atoms with Crippen LogP contribution in [0.1, 0.15) is 25.3 Å². The Hall–Kier alpha value is -1.18. The predicted molar refractivity (Wildman–Crippen MR) is 66.2 cm³/mol. The Morgan fingerprint density at radius 3 is 2.93 bits per heavy atom. The third-order valence-electron chi connectivity index (χ3n) is 3.18. The SMILES string of the molecule is Cc1ccc(N)c(N2CCC[C@@H](C)C2)c1. The third kappa shape index (κ3) is 2.25. The molecule has 2 N–H and O–H groups in total. The maximum Gasteiger partial charge on any atom is 0.0602 e. The van der Waals surface area contributed by atoms with E-state index in [9.17, 15) is 0 Å². The van der Waals surface area contributed by atoms with Gasteiger partial charge in [-0.2, -0.15) is 0 Å². The predicted octanol–water partition coefficient (Wildman–Crippen LogP) is 2.81. The molecule has 0 unspecified atom stereocenters. The van der Waals surface area contributed by atoms with Crippen LogP contribution in [0.3, 0.4) is 0 Å². The highest BCUT2D eigenvalue weighted by Gasteiger charge is 2.18. The monoisotopic (exact) mass is 204 g/mol. The summed E-state index contributed by atoms with van der Waals surface area (Å²) in [6.07, 6.45) is 2.64. The Labute approximate surface area is 92.1 Å². The van der Waals surface area contributed by atoms with Gasteiger partial charge in [-0.15, -0.1) is 0 Å². The van der Waals surface area contributed by atoms with Crippen molar-refractivity contribution in [1.29, 1.82) is 0 Å². The van der Waals surface area contributed by atoms with E-state index in [1.54, 1.807) is 0 Å². The van der Waals surface area contributed by atoms with Crippen LogP contribution in [0.4, 0.5) is 11.4 Å². The number of benzene rings is 1. The summed E-state index contributed by atoms with van der Waals surface area (Å²) in [6, 6.07) is 6.30. The van der Waals surface area contributed by atoms with E-state index < -0.39 is 0 Å². The normalized spacial score (nSPS) is 21.7. The number of aryl methyl sites for hydroxylation is 1. The van der Waals surface area contributed by atoms with Crippen molar-refractivity contribution in [2.24, 2.45) is 5.92 Å². The molecule has 0 saturated carbocycles. The summed E-state index contributed by atoms with van der Waals surface area (Å²) in [7, 11) is 0. The Morgan fingerprint density at radius 1 is 1.40 bits per heavy atom. The highest BCUT2D eigenvalue weighted by atomic mass is 15.1. The van der Waals surface area contributed by atoms with Crippen LogP contribution in [0, 0.1) is 12.8 Å². The number of piperidine rings is 1. The van der Waals surface area contributed by atoms with Gasteiger partial charge in [0.2, 0.25) is 0 Å². The van der Waals surface area contributed by atoms with E-state index >= 15 is 0 Å². The molecule has 1 aromatic rings. The summed E-state index contributed by atoms with van der Waals surface area (Å²) >= 11 is 0. The first kappa shape index (κ1) is 10.3. The van der Waals surface area contributed by atoms with Gasteiger partial charge in [-0.25, -0.2) is 0 Å². The number of nitrogen functional groups attached to an aromatic ring is 1. The molecule has 1 heterocycles. The summed E-state index contributed by atoms with van der Waals surface area (Å²) in [4.78, 5) is 2.43. The van der Waals surface area contributed by atoms with Crippen LogP contribution in [0.15, 0.2) is 18.2 Å².